The van der Waals surface area contributed by atoms with E-state index in [1.54, 1.807) is 4.90 Å². The second-order valence-electron chi connectivity index (χ2n) is 3.71. The van der Waals surface area contributed by atoms with Crippen LogP contribution in [-0.2, 0) is 9.53 Å². The summed E-state index contributed by atoms with van der Waals surface area (Å²) in [6.45, 7) is 4.16. The number of alkyl halides is 2. The topological polar surface area (TPSA) is 29.5 Å². The van der Waals surface area contributed by atoms with Gasteiger partial charge in [-0.3, -0.25) is 9.69 Å². The Balaban J connectivity index is 2.00. The highest BCUT2D eigenvalue weighted by atomic mass is 19.3. The summed E-state index contributed by atoms with van der Waals surface area (Å²) in [5.74, 6) is -0.254. The van der Waals surface area contributed by atoms with Crippen molar-refractivity contribution in [2.24, 2.45) is 11.8 Å². The van der Waals surface area contributed by atoms with E-state index in [9.17, 15) is 13.6 Å². The minimum absolute atomic E-state index is 0.0822. The molecule has 14 heavy (non-hydrogen) atoms. The molecule has 0 amide bonds. The van der Waals surface area contributed by atoms with E-state index in [0.717, 1.165) is 0 Å². The van der Waals surface area contributed by atoms with Crippen LogP contribution in [0.5, 0.6) is 0 Å². The zero-order chi connectivity index (χ0) is 10.3. The number of fused-ring (bicyclic) bond motifs is 1. The molecule has 0 aliphatic carbocycles. The van der Waals surface area contributed by atoms with Gasteiger partial charge in [-0.05, 0) is 0 Å². The SMILES string of the molecule is C=C1OC(=O)[C@H]2CN(CC(F)F)C[C@@H]12. The van der Waals surface area contributed by atoms with Crippen molar-refractivity contribution < 1.29 is 18.3 Å². The van der Waals surface area contributed by atoms with Crippen LogP contribution in [0.15, 0.2) is 12.3 Å². The molecule has 2 heterocycles. The van der Waals surface area contributed by atoms with Gasteiger partial charge >= 0.3 is 5.97 Å². The Hall–Kier alpha value is -0.970. The third kappa shape index (κ3) is 1.52. The van der Waals surface area contributed by atoms with E-state index >= 15 is 0 Å². The maximum atomic E-state index is 12.1. The number of rotatable bonds is 2. The number of ether oxygens (including phenoxy) is 1. The fraction of sp³-hybridized carbons (Fsp3) is 0.667. The molecule has 78 valence electrons. The summed E-state index contributed by atoms with van der Waals surface area (Å²) in [5, 5.41) is 0. The van der Waals surface area contributed by atoms with E-state index in [0.29, 0.717) is 18.8 Å². The molecule has 2 rings (SSSR count). The molecule has 0 unspecified atom stereocenters. The summed E-state index contributed by atoms with van der Waals surface area (Å²) in [6, 6.07) is 0. The summed E-state index contributed by atoms with van der Waals surface area (Å²) in [6.07, 6.45) is -2.35. The first-order chi connectivity index (χ1) is 6.58. The average molecular weight is 203 g/mol. The predicted octanol–water partition coefficient (Wildman–Crippen LogP) is 0.870. The number of cyclic esters (lactones) is 1. The van der Waals surface area contributed by atoms with E-state index < -0.39 is 6.43 Å². The van der Waals surface area contributed by atoms with Crippen LogP contribution < -0.4 is 0 Å². The third-order valence-corrected chi connectivity index (χ3v) is 2.74. The third-order valence-electron chi connectivity index (χ3n) is 2.74. The zero-order valence-electron chi connectivity index (χ0n) is 7.58. The molecule has 0 aromatic rings. The zero-order valence-corrected chi connectivity index (χ0v) is 7.58. The maximum Gasteiger partial charge on any atom is 0.316 e. The van der Waals surface area contributed by atoms with E-state index in [1.165, 1.54) is 0 Å². The predicted molar refractivity (Wildman–Crippen MR) is 44.7 cm³/mol. The van der Waals surface area contributed by atoms with Crippen LogP contribution in [0.2, 0.25) is 0 Å². The molecular formula is C9H11F2NO2. The van der Waals surface area contributed by atoms with Crippen LogP contribution in [0.3, 0.4) is 0 Å². The minimum atomic E-state index is -2.35. The van der Waals surface area contributed by atoms with Crippen LogP contribution in [0.4, 0.5) is 8.78 Å². The van der Waals surface area contributed by atoms with E-state index in [1.807, 2.05) is 0 Å². The highest BCUT2D eigenvalue weighted by Crippen LogP contribution is 2.36. The van der Waals surface area contributed by atoms with Gasteiger partial charge in [0.25, 0.3) is 6.43 Å². The first kappa shape index (κ1) is 9.58. The number of carbonyl (C=O) groups excluding carboxylic acids is 1. The van der Waals surface area contributed by atoms with Crippen molar-refractivity contribution in [3.8, 4) is 0 Å². The van der Waals surface area contributed by atoms with Crippen LogP contribution >= 0.6 is 0 Å². The van der Waals surface area contributed by atoms with Gasteiger partial charge in [0.15, 0.2) is 0 Å². The van der Waals surface area contributed by atoms with Crippen LogP contribution in [-0.4, -0.2) is 36.9 Å². The molecule has 2 aliphatic heterocycles. The van der Waals surface area contributed by atoms with Crippen molar-refractivity contribution in [3.05, 3.63) is 12.3 Å². The van der Waals surface area contributed by atoms with Crippen LogP contribution in [0, 0.1) is 11.8 Å². The number of carbonyl (C=O) groups is 1. The molecule has 2 aliphatic rings. The second-order valence-corrected chi connectivity index (χ2v) is 3.71. The summed E-state index contributed by atoms with van der Waals surface area (Å²) in [4.78, 5) is 12.8. The number of esters is 1. The van der Waals surface area contributed by atoms with Crippen molar-refractivity contribution in [2.45, 2.75) is 6.43 Å². The van der Waals surface area contributed by atoms with Gasteiger partial charge in [0.2, 0.25) is 0 Å². The Morgan fingerprint density at radius 3 is 2.71 bits per heavy atom. The molecule has 0 aromatic carbocycles. The van der Waals surface area contributed by atoms with Crippen molar-refractivity contribution in [3.63, 3.8) is 0 Å². The maximum absolute atomic E-state index is 12.1. The average Bonchev–Trinajstić information content (AvgIpc) is 2.55. The van der Waals surface area contributed by atoms with Crippen molar-refractivity contribution in [1.29, 1.82) is 0 Å². The molecule has 2 atom stereocenters. The van der Waals surface area contributed by atoms with Crippen molar-refractivity contribution in [2.75, 3.05) is 19.6 Å². The van der Waals surface area contributed by atoms with Gasteiger partial charge < -0.3 is 4.74 Å². The van der Waals surface area contributed by atoms with Crippen molar-refractivity contribution in [1.82, 2.24) is 4.90 Å². The van der Waals surface area contributed by atoms with E-state index in [4.69, 9.17) is 4.74 Å². The molecular weight excluding hydrogens is 192 g/mol. The first-order valence-electron chi connectivity index (χ1n) is 4.49. The monoisotopic (exact) mass is 203 g/mol. The van der Waals surface area contributed by atoms with Gasteiger partial charge in [0.05, 0.1) is 12.5 Å². The molecule has 3 nitrogen and oxygen atoms in total. The fourth-order valence-corrected chi connectivity index (χ4v) is 2.08. The molecule has 2 saturated heterocycles. The molecule has 0 saturated carbocycles. The molecule has 0 bridgehead atoms. The normalized spacial score (nSPS) is 32.5. The quantitative estimate of drug-likeness (QED) is 0.624. The Bertz CT molecular complexity index is 258. The number of hydrogen-bond acceptors (Lipinski definition) is 3. The lowest BCUT2D eigenvalue weighted by Crippen LogP contribution is -2.28. The molecule has 0 radical (unpaired) electrons. The summed E-state index contributed by atoms with van der Waals surface area (Å²) in [7, 11) is 0. The molecule has 0 N–H and O–H groups in total. The second kappa shape index (κ2) is 3.31. The number of hydrogen-bond donors (Lipinski definition) is 0. The van der Waals surface area contributed by atoms with Gasteiger partial charge in [-0.25, -0.2) is 8.78 Å². The van der Waals surface area contributed by atoms with E-state index in [-0.39, 0.29) is 24.3 Å². The molecule has 0 spiro atoms. The van der Waals surface area contributed by atoms with Gasteiger partial charge in [-0.2, -0.15) is 0 Å². The number of halogens is 2. The Kier molecular flexibility index (Phi) is 2.26. The molecule has 5 heteroatoms. The largest absolute Gasteiger partial charge is 0.431 e. The smallest absolute Gasteiger partial charge is 0.316 e. The van der Waals surface area contributed by atoms with Gasteiger partial charge in [0.1, 0.15) is 5.76 Å². The Labute approximate surface area is 80.3 Å². The Morgan fingerprint density at radius 1 is 1.50 bits per heavy atom. The highest BCUT2D eigenvalue weighted by molar-refractivity contribution is 5.78. The molecule has 0 aromatic heterocycles. The summed E-state index contributed by atoms with van der Waals surface area (Å²) >= 11 is 0. The van der Waals surface area contributed by atoms with E-state index in [2.05, 4.69) is 6.58 Å². The van der Waals surface area contributed by atoms with Crippen LogP contribution in [0.25, 0.3) is 0 Å². The molecule has 2 fully saturated rings. The lowest BCUT2D eigenvalue weighted by atomic mass is 9.98. The van der Waals surface area contributed by atoms with Crippen molar-refractivity contribution >= 4 is 5.97 Å². The standard InChI is InChI=1S/C9H11F2NO2/c1-5-6-2-12(4-8(10)11)3-7(6)9(13)14-5/h6-8H,1-4H2/t6-,7-/m0/s1. The highest BCUT2D eigenvalue weighted by Gasteiger charge is 2.46. The fourth-order valence-electron chi connectivity index (χ4n) is 2.08. The number of likely N-dealkylation sites (tertiary alicyclic amines) is 1. The number of nitrogens with zero attached hydrogens (tertiary/aromatic N) is 1. The summed E-state index contributed by atoms with van der Waals surface area (Å²) < 4.78 is 29.0. The van der Waals surface area contributed by atoms with Gasteiger partial charge in [-0.15, -0.1) is 0 Å². The van der Waals surface area contributed by atoms with Gasteiger partial charge in [-0.1, -0.05) is 6.58 Å². The minimum Gasteiger partial charge on any atom is -0.431 e. The summed E-state index contributed by atoms with van der Waals surface area (Å²) in [5.41, 5.74) is 0. The Morgan fingerprint density at radius 2 is 2.14 bits per heavy atom. The lowest BCUT2D eigenvalue weighted by Gasteiger charge is -2.15. The lowest BCUT2D eigenvalue weighted by molar-refractivity contribution is -0.139. The van der Waals surface area contributed by atoms with Gasteiger partial charge in [0, 0.05) is 19.0 Å². The van der Waals surface area contributed by atoms with Crippen LogP contribution in [0.1, 0.15) is 0 Å². The first-order valence-corrected chi connectivity index (χ1v) is 4.49.